The lowest BCUT2D eigenvalue weighted by atomic mass is 9.99. The average molecular weight is 296 g/mol. The summed E-state index contributed by atoms with van der Waals surface area (Å²) in [5.41, 5.74) is 0.573. The molecule has 0 radical (unpaired) electrons. The monoisotopic (exact) mass is 296 g/mol. The minimum absolute atomic E-state index is 0.102. The second kappa shape index (κ2) is 6.32. The molecule has 6 nitrogen and oxygen atoms in total. The highest BCUT2D eigenvalue weighted by molar-refractivity contribution is 7.15. The summed E-state index contributed by atoms with van der Waals surface area (Å²) >= 11 is 1.42. The van der Waals surface area contributed by atoms with Crippen LogP contribution in [0.5, 0.6) is 0 Å². The van der Waals surface area contributed by atoms with E-state index >= 15 is 0 Å². The van der Waals surface area contributed by atoms with Gasteiger partial charge in [-0.05, 0) is 23.8 Å². The number of nitrogens with zero attached hydrogens (tertiary/aromatic N) is 3. The molecule has 20 heavy (non-hydrogen) atoms. The van der Waals surface area contributed by atoms with Gasteiger partial charge in [-0.2, -0.15) is 9.38 Å². The third kappa shape index (κ3) is 2.99. The fraction of sp³-hybridized carbons (Fsp3) is 0.615. The standard InChI is InChI=1S/C13H20N4O2S/c1-4-5-14-10(9(2)3)8-11-12(17(18)19)16-6-7-20-13(16)15-11/h6-7,9-10,14H,4-5,8H2,1-3H3. The maximum absolute atomic E-state index is 11.3. The van der Waals surface area contributed by atoms with Crippen LogP contribution in [0.1, 0.15) is 32.9 Å². The summed E-state index contributed by atoms with van der Waals surface area (Å²) in [7, 11) is 0. The molecule has 2 rings (SSSR count). The van der Waals surface area contributed by atoms with Gasteiger partial charge in [0.25, 0.3) is 4.96 Å². The molecule has 2 aromatic heterocycles. The van der Waals surface area contributed by atoms with E-state index in [2.05, 4.69) is 31.1 Å². The molecular formula is C13H20N4O2S. The van der Waals surface area contributed by atoms with Gasteiger partial charge in [-0.15, -0.1) is 0 Å². The van der Waals surface area contributed by atoms with Crippen LogP contribution in [0.15, 0.2) is 11.6 Å². The lowest BCUT2D eigenvalue weighted by Gasteiger charge is -2.21. The molecule has 2 aromatic rings. The highest BCUT2D eigenvalue weighted by Gasteiger charge is 2.26. The second-order valence-corrected chi connectivity index (χ2v) is 6.08. The van der Waals surface area contributed by atoms with Crippen LogP contribution in [0.2, 0.25) is 0 Å². The maximum atomic E-state index is 11.3. The molecule has 0 saturated heterocycles. The zero-order chi connectivity index (χ0) is 14.7. The Morgan fingerprint density at radius 1 is 1.55 bits per heavy atom. The molecule has 0 saturated carbocycles. The molecule has 1 atom stereocenters. The molecule has 1 unspecified atom stereocenters. The Hall–Kier alpha value is -1.47. The largest absolute Gasteiger partial charge is 0.358 e. The minimum Gasteiger partial charge on any atom is -0.358 e. The van der Waals surface area contributed by atoms with Crippen LogP contribution in [0.4, 0.5) is 5.82 Å². The van der Waals surface area contributed by atoms with Gasteiger partial charge in [0.15, 0.2) is 0 Å². The Kier molecular flexibility index (Phi) is 4.72. The van der Waals surface area contributed by atoms with Crippen molar-refractivity contribution in [2.45, 2.75) is 39.7 Å². The minimum atomic E-state index is -0.334. The first-order chi connectivity index (χ1) is 9.54. The van der Waals surface area contributed by atoms with Crippen molar-refractivity contribution in [3.63, 3.8) is 0 Å². The van der Waals surface area contributed by atoms with Gasteiger partial charge >= 0.3 is 5.82 Å². The van der Waals surface area contributed by atoms with Crippen LogP contribution in [0.25, 0.3) is 4.96 Å². The SMILES string of the molecule is CCCNC(Cc1nc2sccn2c1[N+](=O)[O-])C(C)C. The van der Waals surface area contributed by atoms with Crippen molar-refractivity contribution in [1.82, 2.24) is 14.7 Å². The molecule has 0 bridgehead atoms. The number of hydrogen-bond donors (Lipinski definition) is 1. The van der Waals surface area contributed by atoms with E-state index in [1.54, 1.807) is 10.6 Å². The molecule has 0 aliphatic heterocycles. The van der Waals surface area contributed by atoms with Crippen molar-refractivity contribution in [3.05, 3.63) is 27.4 Å². The molecule has 110 valence electrons. The molecule has 0 aliphatic rings. The van der Waals surface area contributed by atoms with E-state index in [1.165, 1.54) is 11.3 Å². The van der Waals surface area contributed by atoms with Crippen molar-refractivity contribution < 1.29 is 4.92 Å². The van der Waals surface area contributed by atoms with Gasteiger partial charge in [0.05, 0.1) is 0 Å². The molecule has 1 N–H and O–H groups in total. The first-order valence-electron chi connectivity index (χ1n) is 6.86. The summed E-state index contributed by atoms with van der Waals surface area (Å²) in [5.74, 6) is 0.506. The van der Waals surface area contributed by atoms with E-state index in [0.717, 1.165) is 13.0 Å². The first-order valence-corrected chi connectivity index (χ1v) is 7.74. The van der Waals surface area contributed by atoms with Gasteiger partial charge in [0.1, 0.15) is 11.9 Å². The first kappa shape index (κ1) is 14.9. The molecule has 7 heteroatoms. The Balaban J connectivity index is 2.29. The fourth-order valence-electron chi connectivity index (χ4n) is 2.23. The summed E-state index contributed by atoms with van der Waals surface area (Å²) < 4.78 is 1.57. The van der Waals surface area contributed by atoms with Crippen LogP contribution in [0, 0.1) is 16.0 Å². The highest BCUT2D eigenvalue weighted by Crippen LogP contribution is 2.25. The topological polar surface area (TPSA) is 72.5 Å². The number of nitrogens with one attached hydrogen (secondary N) is 1. The summed E-state index contributed by atoms with van der Waals surface area (Å²) in [5, 5.41) is 16.6. The van der Waals surface area contributed by atoms with E-state index in [9.17, 15) is 10.1 Å². The van der Waals surface area contributed by atoms with Gasteiger partial charge in [-0.25, -0.2) is 0 Å². The molecular weight excluding hydrogens is 276 g/mol. The number of imidazole rings is 1. The molecule has 0 aliphatic carbocycles. The molecule has 0 aromatic carbocycles. The molecule has 0 spiro atoms. The Morgan fingerprint density at radius 3 is 2.90 bits per heavy atom. The third-order valence-corrected chi connectivity index (χ3v) is 4.11. The van der Waals surface area contributed by atoms with E-state index in [1.807, 2.05) is 5.38 Å². The second-order valence-electron chi connectivity index (χ2n) is 5.20. The normalized spacial score (nSPS) is 13.2. The van der Waals surface area contributed by atoms with Crippen molar-refractivity contribution in [2.75, 3.05) is 6.54 Å². The Morgan fingerprint density at radius 2 is 2.30 bits per heavy atom. The van der Waals surface area contributed by atoms with Crippen LogP contribution in [0.3, 0.4) is 0 Å². The van der Waals surface area contributed by atoms with Crippen LogP contribution < -0.4 is 5.32 Å². The number of aromatic nitrogens is 2. The van der Waals surface area contributed by atoms with Crippen molar-refractivity contribution in [3.8, 4) is 0 Å². The van der Waals surface area contributed by atoms with Gasteiger partial charge in [0.2, 0.25) is 0 Å². The summed E-state index contributed by atoms with van der Waals surface area (Å²) in [4.78, 5) is 16.1. The maximum Gasteiger partial charge on any atom is 0.351 e. The zero-order valence-electron chi connectivity index (χ0n) is 12.0. The Labute approximate surface area is 122 Å². The van der Waals surface area contributed by atoms with E-state index < -0.39 is 0 Å². The van der Waals surface area contributed by atoms with E-state index in [-0.39, 0.29) is 16.8 Å². The van der Waals surface area contributed by atoms with Gasteiger partial charge in [-0.1, -0.05) is 32.1 Å². The summed E-state index contributed by atoms with van der Waals surface area (Å²) in [6, 6.07) is 0.207. The van der Waals surface area contributed by atoms with E-state index in [4.69, 9.17) is 0 Å². The van der Waals surface area contributed by atoms with Crippen LogP contribution >= 0.6 is 11.3 Å². The van der Waals surface area contributed by atoms with Gasteiger partial charge < -0.3 is 15.4 Å². The molecule has 0 amide bonds. The highest BCUT2D eigenvalue weighted by atomic mass is 32.1. The molecule has 2 heterocycles. The fourth-order valence-corrected chi connectivity index (χ4v) is 2.96. The number of nitro groups is 1. The number of hydrogen-bond acceptors (Lipinski definition) is 5. The number of fused-ring (bicyclic) bond motifs is 1. The zero-order valence-corrected chi connectivity index (χ0v) is 12.8. The lowest BCUT2D eigenvalue weighted by molar-refractivity contribution is -0.391. The smallest absolute Gasteiger partial charge is 0.351 e. The number of thiazole rings is 1. The van der Waals surface area contributed by atoms with Crippen LogP contribution in [-0.2, 0) is 6.42 Å². The lowest BCUT2D eigenvalue weighted by Crippen LogP contribution is -2.36. The summed E-state index contributed by atoms with van der Waals surface area (Å²) in [6.45, 7) is 7.27. The van der Waals surface area contributed by atoms with Crippen molar-refractivity contribution >= 4 is 22.1 Å². The average Bonchev–Trinajstić information content (AvgIpc) is 2.93. The van der Waals surface area contributed by atoms with E-state index in [0.29, 0.717) is 23.0 Å². The third-order valence-electron chi connectivity index (χ3n) is 3.35. The van der Waals surface area contributed by atoms with Crippen molar-refractivity contribution in [1.29, 1.82) is 0 Å². The predicted octanol–water partition coefficient (Wildman–Crippen LogP) is 2.87. The van der Waals surface area contributed by atoms with Crippen LogP contribution in [-0.4, -0.2) is 26.9 Å². The summed E-state index contributed by atoms with van der Waals surface area (Å²) in [6.07, 6.45) is 3.34. The number of rotatable bonds is 7. The van der Waals surface area contributed by atoms with Gasteiger partial charge in [-0.3, -0.25) is 0 Å². The van der Waals surface area contributed by atoms with Gasteiger partial charge in [0, 0.05) is 17.8 Å². The Bertz CT molecular complexity index is 590. The predicted molar refractivity (Wildman–Crippen MR) is 80.3 cm³/mol. The molecule has 0 fully saturated rings. The quantitative estimate of drug-likeness (QED) is 0.630. The van der Waals surface area contributed by atoms with Crippen molar-refractivity contribution in [2.24, 2.45) is 5.92 Å².